The Morgan fingerprint density at radius 3 is 1.80 bits per heavy atom. The summed E-state index contributed by atoms with van der Waals surface area (Å²) in [5.74, 6) is 0.128. The van der Waals surface area contributed by atoms with Gasteiger partial charge in [-0.3, -0.25) is 0 Å². The van der Waals surface area contributed by atoms with E-state index in [0.29, 0.717) is 12.1 Å². The molecule has 0 saturated heterocycles. The number of hydrogen-bond acceptors (Lipinski definition) is 1. The normalized spacial score (nSPS) is 16.7. The van der Waals surface area contributed by atoms with Crippen LogP contribution in [-0.2, 0) is 0 Å². The molecular formula is C8H9F5OS. The second kappa shape index (κ2) is 2.78. The fraction of sp³-hybridized carbons (Fsp3) is 0.250. The van der Waals surface area contributed by atoms with Gasteiger partial charge in [-0.25, -0.2) is 0 Å². The van der Waals surface area contributed by atoms with Crippen LogP contribution in [0.15, 0.2) is 29.2 Å². The van der Waals surface area contributed by atoms with Crippen molar-refractivity contribution in [3.05, 3.63) is 24.3 Å². The van der Waals surface area contributed by atoms with Crippen LogP contribution in [0.5, 0.6) is 5.75 Å². The monoisotopic (exact) mass is 248 g/mol. The highest BCUT2D eigenvalue weighted by Gasteiger charge is 2.65. The van der Waals surface area contributed by atoms with Crippen LogP contribution in [0.2, 0.25) is 0 Å². The lowest BCUT2D eigenvalue weighted by Crippen LogP contribution is -2.05. The van der Waals surface area contributed by atoms with Gasteiger partial charge < -0.3 is 4.74 Å². The maximum absolute atomic E-state index is 12.2. The molecule has 0 saturated carbocycles. The van der Waals surface area contributed by atoms with Crippen molar-refractivity contribution >= 4 is 10.2 Å². The number of halogens is 5. The average Bonchev–Trinajstić information content (AvgIpc) is 2.01. The Balaban J connectivity index is 3.11. The van der Waals surface area contributed by atoms with Gasteiger partial charge >= 0.3 is 10.2 Å². The Hall–Kier alpha value is -0.980. The molecule has 1 aromatic rings. The molecule has 88 valence electrons. The van der Waals surface area contributed by atoms with Crippen LogP contribution < -0.4 is 4.74 Å². The minimum Gasteiger partial charge on any atom is -0.494 e. The van der Waals surface area contributed by atoms with Gasteiger partial charge in [0.1, 0.15) is 10.6 Å². The molecule has 0 bridgehead atoms. The highest BCUT2D eigenvalue weighted by Crippen LogP contribution is 3.02. The lowest BCUT2D eigenvalue weighted by molar-refractivity contribution is 0.339. The maximum atomic E-state index is 12.2. The van der Waals surface area contributed by atoms with Gasteiger partial charge in [-0.15, -0.1) is 0 Å². The molecule has 0 amide bonds. The van der Waals surface area contributed by atoms with Crippen LogP contribution in [0.4, 0.5) is 19.4 Å². The van der Waals surface area contributed by atoms with Crippen molar-refractivity contribution in [1.82, 2.24) is 0 Å². The van der Waals surface area contributed by atoms with E-state index in [0.717, 1.165) is 12.1 Å². The third-order valence-electron chi connectivity index (χ3n) is 1.58. The van der Waals surface area contributed by atoms with E-state index in [4.69, 9.17) is 4.74 Å². The van der Waals surface area contributed by atoms with E-state index in [-0.39, 0.29) is 12.4 Å². The van der Waals surface area contributed by atoms with Gasteiger partial charge in [0.05, 0.1) is 6.61 Å². The van der Waals surface area contributed by atoms with E-state index in [1.165, 1.54) is 0 Å². The fourth-order valence-electron chi connectivity index (χ4n) is 0.960. The summed E-state index contributed by atoms with van der Waals surface area (Å²) < 4.78 is 66.0. The van der Waals surface area contributed by atoms with Crippen LogP contribution in [0.25, 0.3) is 0 Å². The van der Waals surface area contributed by atoms with E-state index in [9.17, 15) is 19.4 Å². The Labute approximate surface area is 83.6 Å². The molecule has 1 nitrogen and oxygen atoms in total. The molecule has 1 aromatic carbocycles. The predicted octanol–water partition coefficient (Wildman–Crippen LogP) is 4.74. The van der Waals surface area contributed by atoms with Gasteiger partial charge in [-0.05, 0) is 31.2 Å². The molecule has 0 atom stereocenters. The van der Waals surface area contributed by atoms with Gasteiger partial charge in [-0.2, -0.15) is 0 Å². The maximum Gasteiger partial charge on any atom is 0.310 e. The standard InChI is InChI=1S/C8H9F5OS/c1-2-14-7-3-5-8(6-4-7)15(9,10,11,12)13/h3-6H,2H2,1H3. The van der Waals surface area contributed by atoms with Crippen LogP contribution >= 0.6 is 10.2 Å². The van der Waals surface area contributed by atoms with E-state index in [1.807, 2.05) is 0 Å². The summed E-state index contributed by atoms with van der Waals surface area (Å²) in [6, 6.07) is 2.40. The Morgan fingerprint density at radius 1 is 1.00 bits per heavy atom. The molecule has 0 heterocycles. The molecule has 0 aliphatic rings. The minimum atomic E-state index is -9.53. The SMILES string of the molecule is CCOc1ccc(S(F)(F)(F)(F)F)cc1. The van der Waals surface area contributed by atoms with Crippen LogP contribution in [-0.4, -0.2) is 6.61 Å². The van der Waals surface area contributed by atoms with Gasteiger partial charge in [0, 0.05) is 0 Å². The van der Waals surface area contributed by atoms with E-state index < -0.39 is 15.1 Å². The summed E-state index contributed by atoms with van der Waals surface area (Å²) in [6.45, 7) is 1.90. The van der Waals surface area contributed by atoms with Gasteiger partial charge in [0.2, 0.25) is 0 Å². The Bertz CT molecular complexity index is 354. The van der Waals surface area contributed by atoms with Gasteiger partial charge in [-0.1, -0.05) is 19.4 Å². The number of rotatable bonds is 3. The highest BCUT2D eigenvalue weighted by atomic mass is 32.5. The van der Waals surface area contributed by atoms with E-state index >= 15 is 0 Å². The molecule has 0 radical (unpaired) electrons. The molecule has 0 N–H and O–H groups in total. The highest BCUT2D eigenvalue weighted by molar-refractivity contribution is 8.45. The summed E-state index contributed by atoms with van der Waals surface area (Å²) in [7, 11) is -9.53. The van der Waals surface area contributed by atoms with Crippen LogP contribution in [0, 0.1) is 0 Å². The van der Waals surface area contributed by atoms with Crippen molar-refractivity contribution in [3.63, 3.8) is 0 Å². The summed E-state index contributed by atoms with van der Waals surface area (Å²) in [4.78, 5) is -1.90. The predicted molar refractivity (Wildman–Crippen MR) is 49.0 cm³/mol. The molecule has 0 spiro atoms. The first kappa shape index (κ1) is 12.1. The second-order valence-electron chi connectivity index (χ2n) is 2.87. The molecule has 7 heteroatoms. The molecule has 0 fully saturated rings. The van der Waals surface area contributed by atoms with Crippen molar-refractivity contribution in [3.8, 4) is 5.75 Å². The van der Waals surface area contributed by atoms with Crippen LogP contribution in [0.3, 0.4) is 0 Å². The summed E-state index contributed by atoms with van der Waals surface area (Å²) in [5, 5.41) is 0. The molecule has 1 rings (SSSR count). The molecular weight excluding hydrogens is 239 g/mol. The minimum absolute atomic E-state index is 0.128. The van der Waals surface area contributed by atoms with Crippen molar-refractivity contribution in [1.29, 1.82) is 0 Å². The first-order chi connectivity index (χ1) is 6.53. The molecule has 0 aliphatic carbocycles. The summed E-state index contributed by atoms with van der Waals surface area (Å²) >= 11 is 0. The third kappa shape index (κ3) is 3.26. The molecule has 0 aliphatic heterocycles. The van der Waals surface area contributed by atoms with Crippen molar-refractivity contribution in [2.45, 2.75) is 11.8 Å². The van der Waals surface area contributed by atoms with Gasteiger partial charge in [0.15, 0.2) is 0 Å². The zero-order valence-electron chi connectivity index (χ0n) is 7.72. The quantitative estimate of drug-likeness (QED) is 0.702. The molecule has 0 aromatic heterocycles. The van der Waals surface area contributed by atoms with Crippen molar-refractivity contribution in [2.24, 2.45) is 0 Å². The Kier molecular flexibility index (Phi) is 2.24. The van der Waals surface area contributed by atoms with Crippen molar-refractivity contribution < 1.29 is 24.2 Å². The smallest absolute Gasteiger partial charge is 0.310 e. The molecule has 15 heavy (non-hydrogen) atoms. The fourth-order valence-corrected chi connectivity index (χ4v) is 1.61. The summed E-state index contributed by atoms with van der Waals surface area (Å²) in [5.41, 5.74) is 0. The average molecular weight is 248 g/mol. The topological polar surface area (TPSA) is 9.23 Å². The third-order valence-corrected chi connectivity index (χ3v) is 2.74. The first-order valence-corrected chi connectivity index (χ1v) is 5.95. The van der Waals surface area contributed by atoms with Gasteiger partial charge in [0.25, 0.3) is 0 Å². The Morgan fingerprint density at radius 2 is 1.47 bits per heavy atom. The largest absolute Gasteiger partial charge is 0.494 e. The number of benzene rings is 1. The first-order valence-electron chi connectivity index (χ1n) is 4.00. The lowest BCUT2D eigenvalue weighted by Gasteiger charge is -2.40. The number of hydrogen-bond donors (Lipinski definition) is 0. The van der Waals surface area contributed by atoms with Crippen LogP contribution in [0.1, 0.15) is 6.92 Å². The van der Waals surface area contributed by atoms with E-state index in [2.05, 4.69) is 0 Å². The lowest BCUT2D eigenvalue weighted by atomic mass is 10.3. The molecule has 0 unspecified atom stereocenters. The zero-order chi connectivity index (χ0) is 11.8. The zero-order valence-corrected chi connectivity index (χ0v) is 8.54. The second-order valence-corrected chi connectivity index (χ2v) is 5.28. The van der Waals surface area contributed by atoms with Crippen molar-refractivity contribution in [2.75, 3.05) is 6.61 Å². The number of ether oxygens (including phenoxy) is 1. The summed E-state index contributed by atoms with van der Waals surface area (Å²) in [6.07, 6.45) is 0. The van der Waals surface area contributed by atoms with E-state index in [1.54, 1.807) is 6.92 Å².